The molecule has 0 amide bonds. The van der Waals surface area contributed by atoms with Gasteiger partial charge in [0.1, 0.15) is 17.2 Å². The second-order valence-corrected chi connectivity index (χ2v) is 6.35. The summed E-state index contributed by atoms with van der Waals surface area (Å²) in [6.45, 7) is 1.99. The number of carbonyl (C=O) groups is 1. The maximum atomic E-state index is 12.4. The number of rotatable bonds is 5. The lowest BCUT2D eigenvalue weighted by molar-refractivity contribution is 0.0514. The van der Waals surface area contributed by atoms with Gasteiger partial charge in [0.2, 0.25) is 0 Å². The summed E-state index contributed by atoms with van der Waals surface area (Å²) < 4.78 is 15.8. The molecule has 0 radical (unpaired) electrons. The summed E-state index contributed by atoms with van der Waals surface area (Å²) in [7, 11) is 4.72. The van der Waals surface area contributed by atoms with E-state index in [4.69, 9.17) is 19.0 Å². The Bertz CT molecular complexity index is 866. The van der Waals surface area contributed by atoms with Gasteiger partial charge in [-0.1, -0.05) is 5.16 Å². The Balaban J connectivity index is 1.85. The van der Waals surface area contributed by atoms with E-state index in [1.165, 1.54) is 14.2 Å². The zero-order valence-electron chi connectivity index (χ0n) is 16.0. The molecule has 6 heteroatoms. The maximum absolute atomic E-state index is 12.4. The average Bonchev–Trinajstić information content (AvgIpc) is 2.70. The van der Waals surface area contributed by atoms with Crippen molar-refractivity contribution in [3.63, 3.8) is 0 Å². The van der Waals surface area contributed by atoms with Crippen LogP contribution >= 0.6 is 0 Å². The van der Waals surface area contributed by atoms with Crippen molar-refractivity contribution in [3.8, 4) is 17.2 Å². The summed E-state index contributed by atoms with van der Waals surface area (Å²) in [6, 6.07) is 8.95. The highest BCUT2D eigenvalue weighted by molar-refractivity contribution is 6.03. The van der Waals surface area contributed by atoms with Gasteiger partial charge in [-0.3, -0.25) is 0 Å². The van der Waals surface area contributed by atoms with Crippen LogP contribution in [0.4, 0.5) is 0 Å². The molecular formula is C21H23NO5. The number of oxime groups is 1. The zero-order valence-corrected chi connectivity index (χ0v) is 16.0. The molecule has 0 saturated heterocycles. The Morgan fingerprint density at radius 1 is 0.926 bits per heavy atom. The fourth-order valence-corrected chi connectivity index (χ4v) is 3.18. The Kier molecular flexibility index (Phi) is 5.64. The number of fused-ring (bicyclic) bond motifs is 1. The predicted molar refractivity (Wildman–Crippen MR) is 102 cm³/mol. The van der Waals surface area contributed by atoms with Gasteiger partial charge in [-0.2, -0.15) is 0 Å². The van der Waals surface area contributed by atoms with Crippen LogP contribution < -0.4 is 14.2 Å². The molecule has 0 heterocycles. The number of ether oxygens (including phenoxy) is 3. The molecule has 0 aromatic heterocycles. The van der Waals surface area contributed by atoms with E-state index in [-0.39, 0.29) is 0 Å². The number of methoxy groups -OCH3 is 3. The van der Waals surface area contributed by atoms with Crippen LogP contribution in [0.3, 0.4) is 0 Å². The van der Waals surface area contributed by atoms with E-state index in [2.05, 4.69) is 5.16 Å². The van der Waals surface area contributed by atoms with Gasteiger partial charge >= 0.3 is 5.97 Å². The van der Waals surface area contributed by atoms with Gasteiger partial charge in [0, 0.05) is 11.6 Å². The molecule has 0 N–H and O–H groups in total. The summed E-state index contributed by atoms with van der Waals surface area (Å²) in [5.74, 6) is 1.33. The molecule has 3 rings (SSSR count). The van der Waals surface area contributed by atoms with E-state index in [1.807, 2.05) is 19.1 Å². The lowest BCUT2D eigenvalue weighted by Gasteiger charge is -2.19. The molecule has 0 bridgehead atoms. The van der Waals surface area contributed by atoms with E-state index in [0.717, 1.165) is 47.4 Å². The van der Waals surface area contributed by atoms with Gasteiger partial charge in [0.15, 0.2) is 0 Å². The van der Waals surface area contributed by atoms with Crippen molar-refractivity contribution in [2.45, 2.75) is 26.2 Å². The maximum Gasteiger partial charge on any atom is 0.366 e. The minimum atomic E-state index is -0.558. The van der Waals surface area contributed by atoms with Crippen molar-refractivity contribution in [1.29, 1.82) is 0 Å². The van der Waals surface area contributed by atoms with Gasteiger partial charge in [-0.25, -0.2) is 4.79 Å². The van der Waals surface area contributed by atoms with Gasteiger partial charge in [-0.05, 0) is 61.6 Å². The third-order valence-electron chi connectivity index (χ3n) is 4.62. The molecule has 6 nitrogen and oxygen atoms in total. The van der Waals surface area contributed by atoms with Crippen molar-refractivity contribution in [2.24, 2.45) is 5.16 Å². The molecule has 1 aliphatic carbocycles. The van der Waals surface area contributed by atoms with Crippen molar-refractivity contribution in [1.82, 2.24) is 0 Å². The lowest BCUT2D eigenvalue weighted by Crippen LogP contribution is -2.14. The molecule has 0 aliphatic heterocycles. The summed E-state index contributed by atoms with van der Waals surface area (Å²) in [6.07, 6.45) is 2.65. The Hall–Kier alpha value is -3.02. The number of benzene rings is 2. The quantitative estimate of drug-likeness (QED) is 0.590. The van der Waals surface area contributed by atoms with Crippen molar-refractivity contribution < 1.29 is 23.8 Å². The largest absolute Gasteiger partial charge is 0.497 e. The summed E-state index contributed by atoms with van der Waals surface area (Å²) in [5, 5.41) is 4.15. The lowest BCUT2D eigenvalue weighted by atomic mass is 9.88. The van der Waals surface area contributed by atoms with Crippen molar-refractivity contribution >= 4 is 11.7 Å². The van der Waals surface area contributed by atoms with E-state index in [1.54, 1.807) is 25.3 Å². The van der Waals surface area contributed by atoms with E-state index in [9.17, 15) is 4.79 Å². The van der Waals surface area contributed by atoms with Crippen molar-refractivity contribution in [3.05, 3.63) is 52.6 Å². The molecule has 142 valence electrons. The highest BCUT2D eigenvalue weighted by Crippen LogP contribution is 2.29. The number of nitrogens with zero attached hydrogens (tertiary/aromatic N) is 1. The molecule has 0 fully saturated rings. The predicted octanol–water partition coefficient (Wildman–Crippen LogP) is 3.92. The summed E-state index contributed by atoms with van der Waals surface area (Å²) >= 11 is 0. The minimum Gasteiger partial charge on any atom is -0.497 e. The minimum absolute atomic E-state index is 0.317. The first-order valence-corrected chi connectivity index (χ1v) is 8.75. The first kappa shape index (κ1) is 18.8. The summed E-state index contributed by atoms with van der Waals surface area (Å²) in [5.41, 5.74) is 4.27. The number of aryl methyl sites for hydroxylation is 2. The monoisotopic (exact) mass is 369 g/mol. The van der Waals surface area contributed by atoms with E-state index < -0.39 is 5.97 Å². The third-order valence-corrected chi connectivity index (χ3v) is 4.62. The smallest absolute Gasteiger partial charge is 0.366 e. The molecule has 0 spiro atoms. The number of hydrogen-bond acceptors (Lipinski definition) is 6. The van der Waals surface area contributed by atoms with Crippen LogP contribution in [0.1, 0.15) is 39.9 Å². The average molecular weight is 369 g/mol. The van der Waals surface area contributed by atoms with Crippen molar-refractivity contribution in [2.75, 3.05) is 21.3 Å². The SMILES string of the molecule is COc1cc(OC)cc(C(=O)O/N=C2\CCCc3cc(OC)c(C)cc32)c1. The Morgan fingerprint density at radius 2 is 1.63 bits per heavy atom. The molecule has 0 unspecified atom stereocenters. The normalized spacial score (nSPS) is 14.4. The second-order valence-electron chi connectivity index (χ2n) is 6.35. The first-order chi connectivity index (χ1) is 13.0. The van der Waals surface area contributed by atoms with Gasteiger partial charge in [0.05, 0.1) is 32.6 Å². The Morgan fingerprint density at radius 3 is 2.26 bits per heavy atom. The van der Waals surface area contributed by atoms with Crippen LogP contribution in [0.25, 0.3) is 0 Å². The number of carbonyl (C=O) groups excluding carboxylic acids is 1. The van der Waals surface area contributed by atoms with E-state index >= 15 is 0 Å². The van der Waals surface area contributed by atoms with Crippen LogP contribution in [-0.2, 0) is 11.3 Å². The molecule has 0 atom stereocenters. The van der Waals surface area contributed by atoms with Gasteiger partial charge in [0.25, 0.3) is 0 Å². The van der Waals surface area contributed by atoms with Crippen LogP contribution in [-0.4, -0.2) is 33.0 Å². The summed E-state index contributed by atoms with van der Waals surface area (Å²) in [4.78, 5) is 17.7. The van der Waals surface area contributed by atoms with E-state index in [0.29, 0.717) is 17.1 Å². The zero-order chi connectivity index (χ0) is 19.4. The molecule has 27 heavy (non-hydrogen) atoms. The third kappa shape index (κ3) is 4.05. The number of hydrogen-bond donors (Lipinski definition) is 0. The topological polar surface area (TPSA) is 66.4 Å². The molecule has 0 saturated carbocycles. The first-order valence-electron chi connectivity index (χ1n) is 8.75. The van der Waals surface area contributed by atoms with Gasteiger partial charge in [-0.15, -0.1) is 0 Å². The molecule has 2 aromatic rings. The standard InChI is InChI=1S/C21H23NO5/c1-13-8-18-14(11-20(13)26-4)6-5-7-19(18)22-27-21(23)15-9-16(24-2)12-17(10-15)25-3/h8-12H,5-7H2,1-4H3/b22-19+. The highest BCUT2D eigenvalue weighted by Gasteiger charge is 2.19. The molecule has 2 aromatic carbocycles. The molecular weight excluding hydrogens is 346 g/mol. The van der Waals surface area contributed by atoms with Crippen LogP contribution in [0, 0.1) is 6.92 Å². The fourth-order valence-electron chi connectivity index (χ4n) is 3.18. The van der Waals surface area contributed by atoms with Crippen LogP contribution in [0.2, 0.25) is 0 Å². The highest BCUT2D eigenvalue weighted by atomic mass is 16.7. The van der Waals surface area contributed by atoms with Gasteiger partial charge < -0.3 is 19.0 Å². The van der Waals surface area contributed by atoms with Crippen LogP contribution in [0.15, 0.2) is 35.5 Å². The Labute approximate surface area is 158 Å². The fraction of sp³-hybridized carbons (Fsp3) is 0.333. The molecule has 1 aliphatic rings. The van der Waals surface area contributed by atoms with Crippen LogP contribution in [0.5, 0.6) is 17.2 Å². The second kappa shape index (κ2) is 8.12.